The molecular formula is C12H18BNO4S. The first-order valence-electron chi connectivity index (χ1n) is 6.27. The zero-order valence-electron chi connectivity index (χ0n) is 10.9. The van der Waals surface area contributed by atoms with Crippen molar-refractivity contribution in [2.45, 2.75) is 19.5 Å². The Kier molecular flexibility index (Phi) is 4.30. The maximum absolute atomic E-state index is 11.5. The quantitative estimate of drug-likeness (QED) is 0.695. The van der Waals surface area contributed by atoms with Gasteiger partial charge >= 0.3 is 7.12 Å². The summed E-state index contributed by atoms with van der Waals surface area (Å²) in [5, 5.41) is 18.3. The molecule has 19 heavy (non-hydrogen) atoms. The van der Waals surface area contributed by atoms with E-state index in [1.54, 1.807) is 18.2 Å². The van der Waals surface area contributed by atoms with E-state index in [0.29, 0.717) is 18.6 Å². The zero-order chi connectivity index (χ0) is 14.0. The molecule has 0 amide bonds. The SMILES string of the molecule is CC1CS(=O)(=O)CCN1Cc1cccc(B(O)O)c1. The van der Waals surface area contributed by atoms with Crippen molar-refractivity contribution in [3.63, 3.8) is 0 Å². The van der Waals surface area contributed by atoms with E-state index in [9.17, 15) is 8.42 Å². The fourth-order valence-electron chi connectivity index (χ4n) is 2.35. The number of hydrogen-bond acceptors (Lipinski definition) is 5. The van der Waals surface area contributed by atoms with Crippen molar-refractivity contribution in [3.05, 3.63) is 29.8 Å². The van der Waals surface area contributed by atoms with Crippen LogP contribution in [0.5, 0.6) is 0 Å². The van der Waals surface area contributed by atoms with Gasteiger partial charge in [0.2, 0.25) is 0 Å². The van der Waals surface area contributed by atoms with Crippen LogP contribution in [0.3, 0.4) is 0 Å². The van der Waals surface area contributed by atoms with E-state index in [2.05, 4.69) is 4.90 Å². The Labute approximate surface area is 113 Å². The number of rotatable bonds is 3. The molecule has 1 saturated heterocycles. The lowest BCUT2D eigenvalue weighted by molar-refractivity contribution is 0.218. The maximum Gasteiger partial charge on any atom is 0.488 e. The Bertz CT molecular complexity index is 546. The molecule has 1 aromatic carbocycles. The number of hydrogen-bond donors (Lipinski definition) is 2. The van der Waals surface area contributed by atoms with Gasteiger partial charge in [0.1, 0.15) is 0 Å². The highest BCUT2D eigenvalue weighted by Gasteiger charge is 2.28. The fourth-order valence-corrected chi connectivity index (χ4v) is 3.98. The summed E-state index contributed by atoms with van der Waals surface area (Å²) in [6.07, 6.45) is 0. The maximum atomic E-state index is 11.5. The van der Waals surface area contributed by atoms with Gasteiger partial charge in [-0.05, 0) is 17.9 Å². The molecule has 1 atom stereocenters. The van der Waals surface area contributed by atoms with Crippen molar-refractivity contribution >= 4 is 22.4 Å². The van der Waals surface area contributed by atoms with Crippen LogP contribution in [0.1, 0.15) is 12.5 Å². The first-order valence-corrected chi connectivity index (χ1v) is 8.09. The summed E-state index contributed by atoms with van der Waals surface area (Å²) < 4.78 is 23.0. The number of sulfone groups is 1. The molecule has 1 aliphatic rings. The minimum absolute atomic E-state index is 0.0125. The molecule has 0 bridgehead atoms. The second kappa shape index (κ2) is 5.62. The Morgan fingerprint density at radius 1 is 1.42 bits per heavy atom. The largest absolute Gasteiger partial charge is 0.488 e. The Morgan fingerprint density at radius 2 is 2.16 bits per heavy atom. The van der Waals surface area contributed by atoms with Crippen LogP contribution in [-0.2, 0) is 16.4 Å². The van der Waals surface area contributed by atoms with Gasteiger partial charge in [-0.25, -0.2) is 8.42 Å². The van der Waals surface area contributed by atoms with Gasteiger partial charge in [0.05, 0.1) is 11.5 Å². The van der Waals surface area contributed by atoms with Crippen LogP contribution in [0.4, 0.5) is 0 Å². The molecule has 0 radical (unpaired) electrons. The highest BCUT2D eigenvalue weighted by molar-refractivity contribution is 7.91. The zero-order valence-corrected chi connectivity index (χ0v) is 11.7. The second-order valence-electron chi connectivity index (χ2n) is 5.05. The molecule has 2 rings (SSSR count). The summed E-state index contributed by atoms with van der Waals surface area (Å²) in [5.74, 6) is 0.384. The average molecular weight is 283 g/mol. The first-order chi connectivity index (χ1) is 8.87. The van der Waals surface area contributed by atoms with E-state index in [1.165, 1.54) is 0 Å². The lowest BCUT2D eigenvalue weighted by Crippen LogP contribution is -2.46. The molecule has 1 fully saturated rings. The third kappa shape index (κ3) is 3.79. The number of nitrogens with zero attached hydrogens (tertiary/aromatic N) is 1. The molecule has 7 heteroatoms. The molecule has 0 aromatic heterocycles. The van der Waals surface area contributed by atoms with Crippen LogP contribution in [0.2, 0.25) is 0 Å². The minimum Gasteiger partial charge on any atom is -0.423 e. The van der Waals surface area contributed by atoms with Crippen molar-refractivity contribution in [1.29, 1.82) is 0 Å². The van der Waals surface area contributed by atoms with Gasteiger partial charge in [0.25, 0.3) is 0 Å². The standard InChI is InChI=1S/C12H18BNO4S/c1-10-9-19(17,18)6-5-14(10)8-11-3-2-4-12(7-11)13(15)16/h2-4,7,10,15-16H,5-6,8-9H2,1H3. The molecule has 0 saturated carbocycles. The monoisotopic (exact) mass is 283 g/mol. The summed E-state index contributed by atoms with van der Waals surface area (Å²) in [4.78, 5) is 2.10. The summed E-state index contributed by atoms with van der Waals surface area (Å²) in [7, 11) is -4.37. The number of benzene rings is 1. The van der Waals surface area contributed by atoms with Gasteiger partial charge in [-0.15, -0.1) is 0 Å². The Balaban J connectivity index is 2.07. The van der Waals surface area contributed by atoms with Gasteiger partial charge in [0.15, 0.2) is 9.84 Å². The normalized spacial score (nSPS) is 23.2. The Hall–Kier alpha value is -0.885. The molecule has 1 heterocycles. The predicted octanol–water partition coefficient (Wildman–Crippen LogP) is -1.01. The van der Waals surface area contributed by atoms with Crippen molar-refractivity contribution in [3.8, 4) is 0 Å². The summed E-state index contributed by atoms with van der Waals surface area (Å²) in [6, 6.07) is 7.05. The van der Waals surface area contributed by atoms with Crippen molar-refractivity contribution in [2.75, 3.05) is 18.1 Å². The molecule has 1 aromatic rings. The van der Waals surface area contributed by atoms with Crippen LogP contribution < -0.4 is 5.46 Å². The van der Waals surface area contributed by atoms with Crippen molar-refractivity contribution in [1.82, 2.24) is 4.90 Å². The lowest BCUT2D eigenvalue weighted by Gasteiger charge is -2.33. The topological polar surface area (TPSA) is 77.8 Å². The summed E-state index contributed by atoms with van der Waals surface area (Å²) >= 11 is 0. The van der Waals surface area contributed by atoms with E-state index in [1.807, 2.05) is 13.0 Å². The first kappa shape index (κ1) is 14.5. The third-order valence-electron chi connectivity index (χ3n) is 3.44. The lowest BCUT2D eigenvalue weighted by atomic mass is 9.79. The molecular weight excluding hydrogens is 265 g/mol. The summed E-state index contributed by atoms with van der Waals surface area (Å²) in [6.45, 7) is 3.05. The molecule has 0 aliphatic carbocycles. The fraction of sp³-hybridized carbons (Fsp3) is 0.500. The third-order valence-corrected chi connectivity index (χ3v) is 5.24. The van der Waals surface area contributed by atoms with Crippen LogP contribution in [0.25, 0.3) is 0 Å². The van der Waals surface area contributed by atoms with Gasteiger partial charge in [-0.1, -0.05) is 24.3 Å². The van der Waals surface area contributed by atoms with Gasteiger partial charge in [-0.3, -0.25) is 4.90 Å². The Morgan fingerprint density at radius 3 is 2.79 bits per heavy atom. The molecule has 104 valence electrons. The van der Waals surface area contributed by atoms with E-state index in [-0.39, 0.29) is 17.5 Å². The minimum atomic E-state index is -2.90. The van der Waals surface area contributed by atoms with Gasteiger partial charge < -0.3 is 10.0 Å². The smallest absolute Gasteiger partial charge is 0.423 e. The van der Waals surface area contributed by atoms with Crippen molar-refractivity contribution in [2.24, 2.45) is 0 Å². The van der Waals surface area contributed by atoms with E-state index < -0.39 is 17.0 Å². The van der Waals surface area contributed by atoms with E-state index in [4.69, 9.17) is 10.0 Å². The molecule has 1 aliphatic heterocycles. The van der Waals surface area contributed by atoms with E-state index >= 15 is 0 Å². The summed E-state index contributed by atoms with van der Waals surface area (Å²) in [5.41, 5.74) is 1.41. The van der Waals surface area contributed by atoms with Crippen LogP contribution >= 0.6 is 0 Å². The van der Waals surface area contributed by atoms with E-state index in [0.717, 1.165) is 5.56 Å². The van der Waals surface area contributed by atoms with Gasteiger partial charge in [-0.2, -0.15) is 0 Å². The highest BCUT2D eigenvalue weighted by atomic mass is 32.2. The predicted molar refractivity (Wildman–Crippen MR) is 74.8 cm³/mol. The average Bonchev–Trinajstić information content (AvgIpc) is 2.32. The second-order valence-corrected chi connectivity index (χ2v) is 7.28. The molecule has 2 N–H and O–H groups in total. The van der Waals surface area contributed by atoms with Gasteiger partial charge in [0, 0.05) is 19.1 Å². The molecule has 5 nitrogen and oxygen atoms in total. The molecule has 1 unspecified atom stereocenters. The van der Waals surface area contributed by atoms with Crippen molar-refractivity contribution < 1.29 is 18.5 Å². The van der Waals surface area contributed by atoms with Crippen LogP contribution in [0.15, 0.2) is 24.3 Å². The molecule has 0 spiro atoms. The van der Waals surface area contributed by atoms with Crippen LogP contribution in [0, 0.1) is 0 Å². The van der Waals surface area contributed by atoms with Crippen LogP contribution in [-0.4, -0.2) is 54.6 Å². The highest BCUT2D eigenvalue weighted by Crippen LogP contribution is 2.14.